The molecule has 186 valence electrons. The number of benzene rings is 1. The highest BCUT2D eigenvalue weighted by Crippen LogP contribution is 2.49. The third kappa shape index (κ3) is 7.39. The van der Waals surface area contributed by atoms with E-state index >= 15 is 0 Å². The molecule has 1 amide bonds. The Balaban J connectivity index is 2.62. The summed E-state index contributed by atoms with van der Waals surface area (Å²) >= 11 is 0. The molecule has 0 aliphatic carbocycles. The van der Waals surface area contributed by atoms with Crippen LogP contribution in [0.15, 0.2) is 30.3 Å². The highest BCUT2D eigenvalue weighted by atomic mass is 28.3. The maximum atomic E-state index is 13.5. The number of hydrogen-bond acceptors (Lipinski definition) is 5. The molecule has 6 nitrogen and oxygen atoms in total. The number of likely N-dealkylation sites (tertiary alicyclic amines) is 1. The van der Waals surface area contributed by atoms with Gasteiger partial charge in [-0.2, -0.15) is 0 Å². The van der Waals surface area contributed by atoms with Crippen LogP contribution < -0.4 is 5.32 Å². The number of ether oxygens (including phenoxy) is 1. The van der Waals surface area contributed by atoms with Crippen LogP contribution in [0.1, 0.15) is 60.5 Å². The highest BCUT2D eigenvalue weighted by Gasteiger charge is 2.59. The van der Waals surface area contributed by atoms with Crippen LogP contribution in [0.4, 0.5) is 0 Å². The second kappa shape index (κ2) is 10.7. The zero-order valence-corrected chi connectivity index (χ0v) is 23.2. The van der Waals surface area contributed by atoms with Crippen LogP contribution in [-0.2, 0) is 25.3 Å². The first-order chi connectivity index (χ1) is 15.2. The van der Waals surface area contributed by atoms with Crippen molar-refractivity contribution < 1.29 is 18.8 Å². The minimum absolute atomic E-state index is 0.0794. The van der Waals surface area contributed by atoms with Crippen molar-refractivity contribution in [3.63, 3.8) is 0 Å². The Kier molecular flexibility index (Phi) is 8.93. The Bertz CT molecular complexity index is 801. The fourth-order valence-corrected chi connectivity index (χ4v) is 5.55. The summed E-state index contributed by atoms with van der Waals surface area (Å²) in [6, 6.07) is 9.77. The van der Waals surface area contributed by atoms with Gasteiger partial charge >= 0.3 is 5.97 Å². The van der Waals surface area contributed by atoms with Crippen LogP contribution in [0.25, 0.3) is 0 Å². The molecule has 7 heteroatoms. The van der Waals surface area contributed by atoms with Gasteiger partial charge < -0.3 is 14.5 Å². The number of esters is 1. The summed E-state index contributed by atoms with van der Waals surface area (Å²) in [5, 5.41) is 3.08. The van der Waals surface area contributed by atoms with E-state index in [2.05, 4.69) is 56.2 Å². The number of hydrogen-bond donors (Lipinski definition) is 1. The Labute approximate surface area is 202 Å². The molecule has 0 unspecified atom stereocenters. The first kappa shape index (κ1) is 27.5. The Hall–Kier alpha value is -1.70. The van der Waals surface area contributed by atoms with Gasteiger partial charge in [-0.1, -0.05) is 51.1 Å². The lowest BCUT2D eigenvalue weighted by molar-refractivity contribution is -0.162. The SMILES string of the molecule is CC(=O)NC[C@@]1(CO[SiH](C)C)[C@@H](C(C)(C)C)C[C@H](C(=O)OC(C)(C)C)N1Cc1ccccc1. The maximum Gasteiger partial charge on any atom is 0.323 e. The topological polar surface area (TPSA) is 67.9 Å². The van der Waals surface area contributed by atoms with Gasteiger partial charge in [0, 0.05) is 20.0 Å². The Morgan fingerprint density at radius 2 is 1.73 bits per heavy atom. The van der Waals surface area contributed by atoms with E-state index in [1.54, 1.807) is 6.92 Å². The van der Waals surface area contributed by atoms with E-state index in [1.165, 1.54) is 0 Å². The summed E-state index contributed by atoms with van der Waals surface area (Å²) < 4.78 is 12.3. The molecule has 1 aromatic rings. The van der Waals surface area contributed by atoms with Gasteiger partial charge in [0.1, 0.15) is 11.6 Å². The van der Waals surface area contributed by atoms with Crippen molar-refractivity contribution in [3.05, 3.63) is 35.9 Å². The van der Waals surface area contributed by atoms with E-state index in [-0.39, 0.29) is 23.2 Å². The summed E-state index contributed by atoms with van der Waals surface area (Å²) in [7, 11) is -1.35. The third-order valence-corrected chi connectivity index (χ3v) is 7.12. The van der Waals surface area contributed by atoms with Crippen molar-refractivity contribution in [1.82, 2.24) is 10.2 Å². The average Bonchev–Trinajstić information content (AvgIpc) is 2.99. The van der Waals surface area contributed by atoms with Gasteiger partial charge in [-0.05, 0) is 57.2 Å². The lowest BCUT2D eigenvalue weighted by Gasteiger charge is -2.48. The van der Waals surface area contributed by atoms with Gasteiger partial charge in [0.2, 0.25) is 5.91 Å². The average molecular weight is 477 g/mol. The van der Waals surface area contributed by atoms with Crippen molar-refractivity contribution in [2.45, 2.75) is 91.7 Å². The second-order valence-corrected chi connectivity index (χ2v) is 14.1. The monoisotopic (exact) mass is 476 g/mol. The minimum Gasteiger partial charge on any atom is -0.459 e. The van der Waals surface area contributed by atoms with Gasteiger partial charge in [0.05, 0.1) is 12.1 Å². The summed E-state index contributed by atoms with van der Waals surface area (Å²) in [5.41, 5.74) is -0.0867. The van der Waals surface area contributed by atoms with E-state index in [4.69, 9.17) is 9.16 Å². The first-order valence-electron chi connectivity index (χ1n) is 12.1. The largest absolute Gasteiger partial charge is 0.459 e. The molecule has 1 fully saturated rings. The number of rotatable bonds is 8. The van der Waals surface area contributed by atoms with Crippen LogP contribution in [0.3, 0.4) is 0 Å². The molecular weight excluding hydrogens is 432 g/mol. The molecule has 2 rings (SSSR count). The minimum atomic E-state index is -1.35. The fraction of sp³-hybridized carbons (Fsp3) is 0.692. The Morgan fingerprint density at radius 1 is 1.12 bits per heavy atom. The summed E-state index contributed by atoms with van der Waals surface area (Å²) in [4.78, 5) is 27.8. The third-order valence-electron chi connectivity index (χ3n) is 6.29. The standard InChI is InChI=1S/C26H44N2O4Si/c1-19(29)27-17-26(18-31-33(8)9)22(24(2,3)4)15-21(23(30)32-25(5,6)7)28(26)16-20-13-11-10-12-14-20/h10-14,21-22,33H,15-18H2,1-9H3,(H,27,29)/t21-,22-,26-/m1/s1. The molecule has 0 aromatic heterocycles. The molecule has 1 aromatic carbocycles. The smallest absolute Gasteiger partial charge is 0.323 e. The van der Waals surface area contributed by atoms with E-state index < -0.39 is 26.2 Å². The molecule has 1 aliphatic heterocycles. The molecule has 1 aliphatic rings. The quantitative estimate of drug-likeness (QED) is 0.451. The van der Waals surface area contributed by atoms with Crippen molar-refractivity contribution in [2.24, 2.45) is 11.3 Å². The van der Waals surface area contributed by atoms with Crippen LogP contribution in [0.5, 0.6) is 0 Å². The molecule has 33 heavy (non-hydrogen) atoms. The normalized spacial score (nSPS) is 24.2. The second-order valence-electron chi connectivity index (χ2n) is 11.7. The lowest BCUT2D eigenvalue weighted by Crippen LogP contribution is -2.62. The van der Waals surface area contributed by atoms with Gasteiger partial charge in [0.25, 0.3) is 0 Å². The zero-order chi connectivity index (χ0) is 25.0. The molecule has 0 bridgehead atoms. The zero-order valence-electron chi connectivity index (χ0n) is 22.0. The number of nitrogens with one attached hydrogen (secondary N) is 1. The molecule has 1 saturated heterocycles. The molecule has 0 spiro atoms. The predicted molar refractivity (Wildman–Crippen MR) is 135 cm³/mol. The van der Waals surface area contributed by atoms with E-state index in [0.717, 1.165) is 5.56 Å². The van der Waals surface area contributed by atoms with E-state index in [9.17, 15) is 9.59 Å². The van der Waals surface area contributed by atoms with E-state index in [0.29, 0.717) is 26.1 Å². The van der Waals surface area contributed by atoms with Crippen molar-refractivity contribution in [3.8, 4) is 0 Å². The van der Waals surface area contributed by atoms with Gasteiger partial charge in [-0.15, -0.1) is 0 Å². The number of amides is 1. The Morgan fingerprint density at radius 3 is 2.21 bits per heavy atom. The number of nitrogens with zero attached hydrogens (tertiary/aromatic N) is 1. The number of carbonyl (C=O) groups is 2. The molecule has 3 atom stereocenters. The molecule has 0 radical (unpaired) electrons. The lowest BCUT2D eigenvalue weighted by atomic mass is 9.69. The predicted octanol–water partition coefficient (Wildman–Crippen LogP) is 4.14. The highest BCUT2D eigenvalue weighted by molar-refractivity contribution is 6.48. The van der Waals surface area contributed by atoms with Crippen molar-refractivity contribution >= 4 is 20.9 Å². The first-order valence-corrected chi connectivity index (χ1v) is 14.8. The summed E-state index contributed by atoms with van der Waals surface area (Å²) in [6.07, 6.45) is 0.661. The van der Waals surface area contributed by atoms with Crippen LogP contribution in [-0.4, -0.2) is 56.2 Å². The van der Waals surface area contributed by atoms with Crippen LogP contribution in [0, 0.1) is 11.3 Å². The molecule has 1 heterocycles. The van der Waals surface area contributed by atoms with Gasteiger partial charge in [-0.25, -0.2) is 0 Å². The molecular formula is C26H44N2O4Si. The fourth-order valence-electron chi connectivity index (χ4n) is 4.93. The number of carbonyl (C=O) groups excluding carboxylic acids is 2. The summed E-state index contributed by atoms with van der Waals surface area (Å²) in [6.45, 7) is 19.7. The molecule has 0 saturated carbocycles. The van der Waals surface area contributed by atoms with Crippen molar-refractivity contribution in [1.29, 1.82) is 0 Å². The van der Waals surface area contributed by atoms with Crippen LogP contribution in [0.2, 0.25) is 13.1 Å². The summed E-state index contributed by atoms with van der Waals surface area (Å²) in [5.74, 6) is -0.172. The van der Waals surface area contributed by atoms with Gasteiger partial charge in [0.15, 0.2) is 9.04 Å². The van der Waals surface area contributed by atoms with Crippen LogP contribution >= 0.6 is 0 Å². The van der Waals surface area contributed by atoms with Gasteiger partial charge in [-0.3, -0.25) is 14.5 Å². The van der Waals surface area contributed by atoms with Crippen molar-refractivity contribution in [2.75, 3.05) is 13.2 Å². The molecule has 1 N–H and O–H groups in total. The van der Waals surface area contributed by atoms with E-state index in [1.807, 2.05) is 39.0 Å². The maximum absolute atomic E-state index is 13.5.